The summed E-state index contributed by atoms with van der Waals surface area (Å²) in [6.07, 6.45) is 0.640. The molecule has 172 valence electrons. The molecule has 3 N–H and O–H groups in total. The summed E-state index contributed by atoms with van der Waals surface area (Å²) in [7, 11) is 0. The van der Waals surface area contributed by atoms with Gasteiger partial charge in [-0.1, -0.05) is 42.0 Å². The number of cyclic esters (lactones) is 1. The lowest BCUT2D eigenvalue weighted by Gasteiger charge is -2.26. The van der Waals surface area contributed by atoms with Crippen LogP contribution >= 0.6 is 0 Å². The second-order valence-electron chi connectivity index (χ2n) is 8.33. The van der Waals surface area contributed by atoms with Crippen LogP contribution in [0, 0.1) is 0 Å². The lowest BCUT2D eigenvalue weighted by atomic mass is 10.1. The molecule has 0 bridgehead atoms. The van der Waals surface area contributed by atoms with Crippen molar-refractivity contribution in [1.82, 2.24) is 15.5 Å². The van der Waals surface area contributed by atoms with Gasteiger partial charge in [-0.3, -0.25) is 19.2 Å². The van der Waals surface area contributed by atoms with Gasteiger partial charge >= 0.3 is 5.97 Å². The summed E-state index contributed by atoms with van der Waals surface area (Å²) in [6, 6.07) is 11.3. The van der Waals surface area contributed by atoms with Gasteiger partial charge in [0.05, 0.1) is 13.0 Å². The van der Waals surface area contributed by atoms with Crippen molar-refractivity contribution in [2.24, 2.45) is 0 Å². The zero-order valence-corrected chi connectivity index (χ0v) is 18.1. The van der Waals surface area contributed by atoms with Gasteiger partial charge in [0.1, 0.15) is 12.1 Å². The molecular formula is C24H25N3O6. The van der Waals surface area contributed by atoms with Crippen LogP contribution in [0.1, 0.15) is 30.1 Å². The highest BCUT2D eigenvalue weighted by Crippen LogP contribution is 2.17. The van der Waals surface area contributed by atoms with Crippen molar-refractivity contribution in [3.05, 3.63) is 59.7 Å². The van der Waals surface area contributed by atoms with Crippen LogP contribution in [-0.4, -0.2) is 65.2 Å². The number of nitrogens with zero attached hydrogens (tertiary/aromatic N) is 1. The Morgan fingerprint density at radius 3 is 2.61 bits per heavy atom. The molecule has 0 aliphatic carbocycles. The van der Waals surface area contributed by atoms with Crippen LogP contribution in [-0.2, 0) is 19.1 Å². The van der Waals surface area contributed by atoms with E-state index < -0.39 is 30.3 Å². The lowest BCUT2D eigenvalue weighted by molar-refractivity contribution is -0.155. The fourth-order valence-electron chi connectivity index (χ4n) is 4.00. The summed E-state index contributed by atoms with van der Waals surface area (Å²) in [4.78, 5) is 51.1. The summed E-state index contributed by atoms with van der Waals surface area (Å²) < 4.78 is 4.62. The number of fused-ring (bicyclic) bond motifs is 1. The molecule has 0 radical (unpaired) electrons. The predicted octanol–water partition coefficient (Wildman–Crippen LogP) is 0.867. The second-order valence-corrected chi connectivity index (χ2v) is 8.33. The summed E-state index contributed by atoms with van der Waals surface area (Å²) in [5.41, 5.74) is 1.33. The first kappa shape index (κ1) is 22.5. The van der Waals surface area contributed by atoms with Gasteiger partial charge in [-0.15, -0.1) is 0 Å². The molecule has 33 heavy (non-hydrogen) atoms. The monoisotopic (exact) mass is 451 g/mol. The molecule has 0 spiro atoms. The topological polar surface area (TPSA) is 125 Å². The normalized spacial score (nSPS) is 23.0. The zero-order valence-electron chi connectivity index (χ0n) is 18.1. The number of hydrogen-bond donors (Lipinski definition) is 3. The van der Waals surface area contributed by atoms with Crippen LogP contribution < -0.4 is 10.6 Å². The van der Waals surface area contributed by atoms with Crippen LogP contribution in [0.3, 0.4) is 0 Å². The van der Waals surface area contributed by atoms with E-state index in [1.54, 1.807) is 12.1 Å². The highest BCUT2D eigenvalue weighted by atomic mass is 16.6. The Hall–Kier alpha value is -3.72. The first-order chi connectivity index (χ1) is 15.8. The average Bonchev–Trinajstić information content (AvgIpc) is 3.04. The minimum absolute atomic E-state index is 0.135. The molecule has 2 aromatic rings. The van der Waals surface area contributed by atoms with E-state index in [0.29, 0.717) is 12.0 Å². The molecular weight excluding hydrogens is 426 g/mol. The number of aliphatic hydroxyl groups excluding tert-OH is 1. The van der Waals surface area contributed by atoms with E-state index in [4.69, 9.17) is 0 Å². The smallest absolute Gasteiger partial charge is 0.310 e. The van der Waals surface area contributed by atoms with Gasteiger partial charge < -0.3 is 25.4 Å². The Morgan fingerprint density at radius 1 is 1.12 bits per heavy atom. The number of carbonyl (C=O) groups is 4. The van der Waals surface area contributed by atoms with E-state index in [1.165, 1.54) is 4.90 Å². The number of carbonyl (C=O) groups excluding carboxylic acids is 4. The number of aliphatic hydroxyl groups is 1. The molecule has 3 atom stereocenters. The Kier molecular flexibility index (Phi) is 6.41. The molecule has 2 heterocycles. The molecule has 2 aliphatic heterocycles. The first-order valence-corrected chi connectivity index (χ1v) is 10.7. The van der Waals surface area contributed by atoms with Crippen LogP contribution in [0.5, 0.6) is 0 Å². The fourth-order valence-corrected chi connectivity index (χ4v) is 4.00. The standard InChI is InChI=1S/C24H25N3O6/c1-14-6-9-18(26-22(30)17-8-7-15-4-2-3-5-16(15)10-17)23(31)27(12-14)13-20(28)25-19-11-21(29)33-24(19)32/h2-8,10,18-19,24,32H,9,11-13H2,1H3,(H,25,28)(H,26,30)/t18-,19-,24?/m0/s1. The van der Waals surface area contributed by atoms with Gasteiger partial charge in [-0.2, -0.15) is 0 Å². The molecule has 3 amide bonds. The molecule has 1 fully saturated rings. The number of ether oxygens (including phenoxy) is 1. The Labute approximate surface area is 190 Å². The van der Waals surface area contributed by atoms with E-state index >= 15 is 0 Å². The quantitative estimate of drug-likeness (QED) is 0.458. The van der Waals surface area contributed by atoms with Crippen molar-refractivity contribution in [2.45, 2.75) is 38.1 Å². The molecule has 1 saturated heterocycles. The van der Waals surface area contributed by atoms with Crippen LogP contribution in [0.25, 0.3) is 10.8 Å². The Morgan fingerprint density at radius 2 is 1.88 bits per heavy atom. The molecule has 9 heteroatoms. The maximum Gasteiger partial charge on any atom is 0.310 e. The molecule has 2 aliphatic rings. The summed E-state index contributed by atoms with van der Waals surface area (Å²) in [5, 5.41) is 16.9. The van der Waals surface area contributed by atoms with Crippen molar-refractivity contribution >= 4 is 34.5 Å². The number of esters is 1. The van der Waals surface area contributed by atoms with Crippen molar-refractivity contribution < 1.29 is 29.0 Å². The van der Waals surface area contributed by atoms with E-state index in [9.17, 15) is 24.3 Å². The lowest BCUT2D eigenvalue weighted by Crippen LogP contribution is -2.52. The van der Waals surface area contributed by atoms with Crippen molar-refractivity contribution in [2.75, 3.05) is 13.1 Å². The first-order valence-electron chi connectivity index (χ1n) is 10.7. The predicted molar refractivity (Wildman–Crippen MR) is 119 cm³/mol. The third-order valence-electron chi connectivity index (χ3n) is 5.73. The van der Waals surface area contributed by atoms with E-state index in [1.807, 2.05) is 43.3 Å². The van der Waals surface area contributed by atoms with Gasteiger partial charge in [-0.25, -0.2) is 0 Å². The van der Waals surface area contributed by atoms with Crippen molar-refractivity contribution in [1.29, 1.82) is 0 Å². The average molecular weight is 451 g/mol. The molecule has 2 aromatic carbocycles. The third-order valence-corrected chi connectivity index (χ3v) is 5.73. The van der Waals surface area contributed by atoms with Crippen LogP contribution in [0.2, 0.25) is 0 Å². The van der Waals surface area contributed by atoms with E-state index in [2.05, 4.69) is 15.4 Å². The minimum atomic E-state index is -1.41. The number of amides is 3. The number of nitrogens with one attached hydrogen (secondary N) is 2. The van der Waals surface area contributed by atoms with Gasteiger partial charge in [0.25, 0.3) is 5.91 Å². The molecule has 4 rings (SSSR count). The van der Waals surface area contributed by atoms with E-state index in [0.717, 1.165) is 16.3 Å². The Balaban J connectivity index is 1.43. The fraction of sp³-hybridized carbons (Fsp3) is 0.333. The van der Waals surface area contributed by atoms with Crippen molar-refractivity contribution in [3.63, 3.8) is 0 Å². The van der Waals surface area contributed by atoms with Crippen molar-refractivity contribution in [3.8, 4) is 0 Å². The summed E-state index contributed by atoms with van der Waals surface area (Å²) >= 11 is 0. The maximum atomic E-state index is 13.1. The molecule has 0 saturated carbocycles. The molecule has 9 nitrogen and oxygen atoms in total. The minimum Gasteiger partial charge on any atom is -0.434 e. The van der Waals surface area contributed by atoms with Gasteiger partial charge in [0, 0.05) is 12.1 Å². The summed E-state index contributed by atoms with van der Waals surface area (Å²) in [5.74, 6) is -1.89. The van der Waals surface area contributed by atoms with Gasteiger partial charge in [0.2, 0.25) is 18.1 Å². The SMILES string of the molecule is CC1=CC[C@H](NC(=O)c2ccc3ccccc3c2)C(=O)N(CC(=O)N[C@H]2CC(=O)OC2O)C1. The van der Waals surface area contributed by atoms with Crippen LogP contribution in [0.4, 0.5) is 0 Å². The largest absolute Gasteiger partial charge is 0.434 e. The number of benzene rings is 2. The maximum absolute atomic E-state index is 13.1. The number of rotatable bonds is 5. The number of hydrogen-bond acceptors (Lipinski definition) is 6. The van der Waals surface area contributed by atoms with E-state index in [-0.39, 0.29) is 31.3 Å². The van der Waals surface area contributed by atoms with Gasteiger partial charge in [0.15, 0.2) is 0 Å². The molecule has 1 unspecified atom stereocenters. The second kappa shape index (κ2) is 9.41. The molecule has 0 aromatic heterocycles. The van der Waals surface area contributed by atoms with Gasteiger partial charge in [-0.05, 0) is 36.2 Å². The third kappa shape index (κ3) is 5.20. The Bertz CT molecular complexity index is 1140. The van der Waals surface area contributed by atoms with Crippen LogP contribution in [0.15, 0.2) is 54.1 Å². The zero-order chi connectivity index (χ0) is 23.5. The highest BCUT2D eigenvalue weighted by Gasteiger charge is 2.35. The highest BCUT2D eigenvalue weighted by molar-refractivity contribution is 6.01. The summed E-state index contributed by atoms with van der Waals surface area (Å²) in [6.45, 7) is 1.81.